The van der Waals surface area contributed by atoms with Crippen LogP contribution in [-0.2, 0) is 13.0 Å². The van der Waals surface area contributed by atoms with E-state index in [0.717, 1.165) is 48.0 Å². The van der Waals surface area contributed by atoms with Crippen LogP contribution in [0.25, 0.3) is 0 Å². The molecule has 1 N–H and O–H groups in total. The molecule has 0 bridgehead atoms. The topological polar surface area (TPSA) is 63.5 Å². The number of hydrogen-bond donors (Lipinski definition) is 1. The molecule has 0 saturated carbocycles. The zero-order valence-corrected chi connectivity index (χ0v) is 15.1. The largest absolute Gasteiger partial charge is 0.493 e. The minimum absolute atomic E-state index is 0.0419. The van der Waals surface area contributed by atoms with Gasteiger partial charge >= 0.3 is 0 Å². The van der Waals surface area contributed by atoms with E-state index in [1.165, 1.54) is 5.69 Å². The van der Waals surface area contributed by atoms with Crippen molar-refractivity contribution in [1.29, 1.82) is 0 Å². The Morgan fingerprint density at radius 3 is 3.00 bits per heavy atom. The summed E-state index contributed by atoms with van der Waals surface area (Å²) in [5.74, 6) is 2.45. The first-order chi connectivity index (χ1) is 12.8. The van der Waals surface area contributed by atoms with Crippen molar-refractivity contribution in [2.75, 3.05) is 20.3 Å². The van der Waals surface area contributed by atoms with Gasteiger partial charge in [0.2, 0.25) is 0 Å². The highest BCUT2D eigenvalue weighted by Gasteiger charge is 2.32. The van der Waals surface area contributed by atoms with Gasteiger partial charge in [0.15, 0.2) is 11.5 Å². The fourth-order valence-corrected chi connectivity index (χ4v) is 3.60. The van der Waals surface area contributed by atoms with Gasteiger partial charge in [0.25, 0.3) is 0 Å². The Labute approximate surface area is 152 Å². The molecule has 1 aliphatic heterocycles. The minimum atomic E-state index is 0.0419. The third-order valence-electron chi connectivity index (χ3n) is 4.77. The third-order valence-corrected chi connectivity index (χ3v) is 4.77. The summed E-state index contributed by atoms with van der Waals surface area (Å²) in [6.07, 6.45) is 4.44. The Bertz CT molecular complexity index is 857. The van der Waals surface area contributed by atoms with Crippen molar-refractivity contribution in [3.63, 3.8) is 0 Å². The number of aromatic nitrogens is 2. The number of benzene rings is 1. The molecule has 0 aliphatic carbocycles. The van der Waals surface area contributed by atoms with Gasteiger partial charge in [-0.3, -0.25) is 4.90 Å². The van der Waals surface area contributed by atoms with Crippen LogP contribution in [0.2, 0.25) is 0 Å². The van der Waals surface area contributed by atoms with Gasteiger partial charge in [-0.15, -0.1) is 0 Å². The average molecular weight is 353 g/mol. The molecule has 1 aromatic carbocycles. The van der Waals surface area contributed by atoms with Gasteiger partial charge in [-0.05, 0) is 36.8 Å². The molecule has 3 aromatic rings. The van der Waals surface area contributed by atoms with E-state index in [-0.39, 0.29) is 6.04 Å². The van der Waals surface area contributed by atoms with Crippen LogP contribution in [0.3, 0.4) is 0 Å². The van der Waals surface area contributed by atoms with Gasteiger partial charge in [0.05, 0.1) is 44.6 Å². The molecule has 0 saturated heterocycles. The Kier molecular flexibility index (Phi) is 4.67. The van der Waals surface area contributed by atoms with E-state index in [2.05, 4.69) is 27.0 Å². The second kappa shape index (κ2) is 7.25. The number of hydrogen-bond acceptors (Lipinski definition) is 5. The number of fused-ring (bicyclic) bond motifs is 1. The number of nitrogens with zero attached hydrogens (tertiary/aromatic N) is 2. The van der Waals surface area contributed by atoms with E-state index in [0.29, 0.717) is 6.61 Å². The van der Waals surface area contributed by atoms with Crippen molar-refractivity contribution in [2.45, 2.75) is 25.9 Å². The standard InChI is InChI=1S/C20H23N3O3/c1-3-25-18-11-14(6-7-17(18)24-2)20-19-16(21-13-22-19)8-9-23(20)12-15-5-4-10-26-15/h4-7,10-11,13,20H,3,8-9,12H2,1-2H3,(H,21,22). The SMILES string of the molecule is CCOc1cc(C2c3nc[nH]c3CCN2Cc2ccco2)ccc1OC. The van der Waals surface area contributed by atoms with Gasteiger partial charge < -0.3 is 18.9 Å². The van der Waals surface area contributed by atoms with E-state index >= 15 is 0 Å². The van der Waals surface area contributed by atoms with Gasteiger partial charge in [-0.2, -0.15) is 0 Å². The molecule has 3 heterocycles. The highest BCUT2D eigenvalue weighted by atomic mass is 16.5. The van der Waals surface area contributed by atoms with Crippen molar-refractivity contribution in [2.24, 2.45) is 0 Å². The third kappa shape index (κ3) is 3.08. The number of H-pyrrole nitrogens is 1. The molecule has 136 valence electrons. The zero-order chi connectivity index (χ0) is 17.9. The number of furan rings is 1. The lowest BCUT2D eigenvalue weighted by molar-refractivity contribution is 0.184. The maximum Gasteiger partial charge on any atom is 0.161 e. The van der Waals surface area contributed by atoms with Crippen LogP contribution < -0.4 is 9.47 Å². The van der Waals surface area contributed by atoms with Gasteiger partial charge in [0.1, 0.15) is 5.76 Å². The predicted molar refractivity (Wildman–Crippen MR) is 97.4 cm³/mol. The van der Waals surface area contributed by atoms with E-state index < -0.39 is 0 Å². The summed E-state index contributed by atoms with van der Waals surface area (Å²) >= 11 is 0. The summed E-state index contributed by atoms with van der Waals surface area (Å²) in [6.45, 7) is 4.23. The molecule has 1 aliphatic rings. The maximum absolute atomic E-state index is 5.78. The van der Waals surface area contributed by atoms with Crippen LogP contribution in [0.15, 0.2) is 47.3 Å². The normalized spacial score (nSPS) is 17.1. The molecule has 0 amide bonds. The van der Waals surface area contributed by atoms with Crippen LogP contribution in [-0.4, -0.2) is 35.1 Å². The molecule has 0 spiro atoms. The summed E-state index contributed by atoms with van der Waals surface area (Å²) < 4.78 is 16.8. The fourth-order valence-electron chi connectivity index (χ4n) is 3.60. The Morgan fingerprint density at radius 1 is 1.31 bits per heavy atom. The maximum atomic E-state index is 5.78. The first kappa shape index (κ1) is 16.7. The lowest BCUT2D eigenvalue weighted by Gasteiger charge is -2.34. The summed E-state index contributed by atoms with van der Waals surface area (Å²) in [7, 11) is 1.66. The minimum Gasteiger partial charge on any atom is -0.493 e. The number of nitrogens with one attached hydrogen (secondary N) is 1. The molecule has 1 unspecified atom stereocenters. The van der Waals surface area contributed by atoms with E-state index in [9.17, 15) is 0 Å². The Morgan fingerprint density at radius 2 is 2.23 bits per heavy atom. The fraction of sp³-hybridized carbons (Fsp3) is 0.350. The average Bonchev–Trinajstić information content (AvgIpc) is 3.33. The summed E-state index contributed by atoms with van der Waals surface area (Å²) in [5.41, 5.74) is 3.39. The van der Waals surface area contributed by atoms with Crippen molar-refractivity contribution in [3.8, 4) is 11.5 Å². The molecule has 2 aromatic heterocycles. The van der Waals surface area contributed by atoms with E-state index in [1.54, 1.807) is 19.7 Å². The quantitative estimate of drug-likeness (QED) is 0.734. The highest BCUT2D eigenvalue weighted by molar-refractivity contribution is 5.46. The lowest BCUT2D eigenvalue weighted by atomic mass is 9.95. The van der Waals surface area contributed by atoms with Crippen molar-refractivity contribution in [3.05, 3.63) is 65.6 Å². The summed E-state index contributed by atoms with van der Waals surface area (Å²) in [5, 5.41) is 0. The van der Waals surface area contributed by atoms with Crippen LogP contribution in [0.4, 0.5) is 0 Å². The van der Waals surface area contributed by atoms with Crippen molar-refractivity contribution < 1.29 is 13.9 Å². The van der Waals surface area contributed by atoms with Crippen LogP contribution in [0.1, 0.15) is 35.7 Å². The highest BCUT2D eigenvalue weighted by Crippen LogP contribution is 2.38. The number of rotatable bonds is 6. The summed E-state index contributed by atoms with van der Waals surface area (Å²) in [6, 6.07) is 10.1. The first-order valence-corrected chi connectivity index (χ1v) is 8.89. The number of imidazole rings is 1. The molecule has 4 rings (SSSR count). The molecule has 0 fully saturated rings. The predicted octanol–water partition coefficient (Wildman–Crippen LogP) is 3.56. The van der Waals surface area contributed by atoms with Crippen LogP contribution >= 0.6 is 0 Å². The van der Waals surface area contributed by atoms with Gasteiger partial charge in [0, 0.05) is 18.7 Å². The van der Waals surface area contributed by atoms with Crippen LogP contribution in [0.5, 0.6) is 11.5 Å². The second-order valence-electron chi connectivity index (χ2n) is 6.31. The van der Waals surface area contributed by atoms with E-state index in [1.807, 2.05) is 25.1 Å². The second-order valence-corrected chi connectivity index (χ2v) is 6.31. The van der Waals surface area contributed by atoms with E-state index in [4.69, 9.17) is 13.9 Å². The van der Waals surface area contributed by atoms with Gasteiger partial charge in [-0.1, -0.05) is 6.07 Å². The van der Waals surface area contributed by atoms with Crippen molar-refractivity contribution >= 4 is 0 Å². The molecule has 6 heteroatoms. The molecular formula is C20H23N3O3. The summed E-state index contributed by atoms with van der Waals surface area (Å²) in [4.78, 5) is 10.3. The number of aromatic amines is 1. The molecular weight excluding hydrogens is 330 g/mol. The number of ether oxygens (including phenoxy) is 2. The van der Waals surface area contributed by atoms with Crippen LogP contribution in [0, 0.1) is 0 Å². The Hall–Kier alpha value is -2.73. The smallest absolute Gasteiger partial charge is 0.161 e. The molecule has 26 heavy (non-hydrogen) atoms. The zero-order valence-electron chi connectivity index (χ0n) is 15.1. The van der Waals surface area contributed by atoms with Crippen molar-refractivity contribution in [1.82, 2.24) is 14.9 Å². The molecule has 1 atom stereocenters. The van der Waals surface area contributed by atoms with Gasteiger partial charge in [-0.25, -0.2) is 4.98 Å². The lowest BCUT2D eigenvalue weighted by Crippen LogP contribution is -2.35. The Balaban J connectivity index is 1.73. The number of methoxy groups -OCH3 is 1. The first-order valence-electron chi connectivity index (χ1n) is 8.89. The molecule has 6 nitrogen and oxygen atoms in total. The monoisotopic (exact) mass is 353 g/mol. The molecule has 0 radical (unpaired) electrons.